The van der Waals surface area contributed by atoms with Crippen molar-refractivity contribution >= 4 is 54.2 Å². The second kappa shape index (κ2) is 9.85. The lowest BCUT2D eigenvalue weighted by molar-refractivity contribution is -0.121. The fraction of sp³-hybridized carbons (Fsp3) is 0.280. The molecular weight excluding hydrogens is 522 g/mol. The van der Waals surface area contributed by atoms with Crippen LogP contribution in [0.25, 0.3) is 10.2 Å². The second-order valence-electron chi connectivity index (χ2n) is 8.49. The average molecular weight is 546 g/mol. The number of hydrogen-bond donors (Lipinski definition) is 0. The van der Waals surface area contributed by atoms with Crippen molar-refractivity contribution in [2.24, 2.45) is 0 Å². The van der Waals surface area contributed by atoms with E-state index in [1.807, 2.05) is 13.0 Å². The Kier molecular flexibility index (Phi) is 6.78. The number of halogens is 1. The van der Waals surface area contributed by atoms with Crippen molar-refractivity contribution in [1.29, 1.82) is 0 Å². The summed E-state index contributed by atoms with van der Waals surface area (Å²) >= 11 is 7.72. The molecule has 0 N–H and O–H groups in total. The number of ether oxygens (including phenoxy) is 1. The minimum Gasteiger partial charge on any atom is -0.497 e. The van der Waals surface area contributed by atoms with Gasteiger partial charge in [0.25, 0.3) is 0 Å². The zero-order valence-corrected chi connectivity index (χ0v) is 22.1. The minimum atomic E-state index is -3.90. The molecule has 2 aromatic carbocycles. The summed E-state index contributed by atoms with van der Waals surface area (Å²) in [5.41, 5.74) is 1.65. The summed E-state index contributed by atoms with van der Waals surface area (Å²) in [7, 11) is -2.39. The first-order valence-corrected chi connectivity index (χ1v) is 14.0. The zero-order chi connectivity index (χ0) is 25.4. The van der Waals surface area contributed by atoms with Crippen LogP contribution in [0.4, 0.5) is 5.13 Å². The molecule has 11 heteroatoms. The molecule has 0 bridgehead atoms. The van der Waals surface area contributed by atoms with Gasteiger partial charge < -0.3 is 9.15 Å². The lowest BCUT2D eigenvalue weighted by atomic mass is 10.2. The number of carbonyl (C=O) groups excluding carboxylic acids is 1. The SMILES string of the molecule is COc1ccc(S(=O)(=O)N2CCCC2C(=O)N(Cc2ccco2)c2nc3c(C)ccc(Cl)c3s2)cc1. The van der Waals surface area contributed by atoms with E-state index >= 15 is 0 Å². The number of methoxy groups -OCH3 is 1. The summed E-state index contributed by atoms with van der Waals surface area (Å²) in [6.45, 7) is 2.31. The van der Waals surface area contributed by atoms with E-state index in [-0.39, 0.29) is 23.9 Å². The van der Waals surface area contributed by atoms with E-state index in [2.05, 4.69) is 0 Å². The molecular formula is C25H24ClN3O5S2. The maximum atomic E-state index is 14.0. The van der Waals surface area contributed by atoms with Crippen LogP contribution in [0, 0.1) is 6.92 Å². The molecule has 0 aliphatic carbocycles. The van der Waals surface area contributed by atoms with E-state index in [0.29, 0.717) is 40.0 Å². The largest absolute Gasteiger partial charge is 0.497 e. The fourth-order valence-electron chi connectivity index (χ4n) is 4.34. The summed E-state index contributed by atoms with van der Waals surface area (Å²) < 4.78 is 39.8. The predicted octanol–water partition coefficient (Wildman–Crippen LogP) is 5.25. The van der Waals surface area contributed by atoms with Gasteiger partial charge in [-0.1, -0.05) is 29.0 Å². The minimum absolute atomic E-state index is 0.114. The van der Waals surface area contributed by atoms with Gasteiger partial charge in [-0.3, -0.25) is 9.69 Å². The maximum absolute atomic E-state index is 14.0. The topological polar surface area (TPSA) is 93.0 Å². The van der Waals surface area contributed by atoms with Crippen molar-refractivity contribution in [3.05, 3.63) is 71.1 Å². The van der Waals surface area contributed by atoms with Crippen LogP contribution in [0.3, 0.4) is 0 Å². The number of fused-ring (bicyclic) bond motifs is 1. The Labute approximate surface area is 218 Å². The van der Waals surface area contributed by atoms with Crippen molar-refractivity contribution in [3.63, 3.8) is 0 Å². The normalized spacial score (nSPS) is 16.5. The number of anilines is 1. The van der Waals surface area contributed by atoms with Gasteiger partial charge in [-0.2, -0.15) is 4.31 Å². The molecule has 8 nitrogen and oxygen atoms in total. The highest BCUT2D eigenvalue weighted by atomic mass is 35.5. The van der Waals surface area contributed by atoms with Gasteiger partial charge in [0.1, 0.15) is 17.6 Å². The number of aryl methyl sites for hydroxylation is 1. The predicted molar refractivity (Wildman–Crippen MR) is 139 cm³/mol. The Hall–Kier alpha value is -2.92. The average Bonchev–Trinajstić information content (AvgIpc) is 3.65. The van der Waals surface area contributed by atoms with Crippen molar-refractivity contribution < 1.29 is 22.4 Å². The van der Waals surface area contributed by atoms with Crippen LogP contribution in [0.5, 0.6) is 5.75 Å². The van der Waals surface area contributed by atoms with Gasteiger partial charge in [0.2, 0.25) is 15.9 Å². The third-order valence-electron chi connectivity index (χ3n) is 6.23. The van der Waals surface area contributed by atoms with Crippen molar-refractivity contribution in [2.75, 3.05) is 18.6 Å². The van der Waals surface area contributed by atoms with Gasteiger partial charge in [0.15, 0.2) is 5.13 Å². The summed E-state index contributed by atoms with van der Waals surface area (Å²) in [5, 5.41) is 0.991. The Morgan fingerprint density at radius 1 is 1.25 bits per heavy atom. The Balaban J connectivity index is 1.52. The number of aromatic nitrogens is 1. The quantitative estimate of drug-likeness (QED) is 0.315. The number of sulfonamides is 1. The smallest absolute Gasteiger partial charge is 0.247 e. The molecule has 2 aromatic heterocycles. The third-order valence-corrected chi connectivity index (χ3v) is 9.69. The van der Waals surface area contributed by atoms with Crippen LogP contribution >= 0.6 is 22.9 Å². The second-order valence-corrected chi connectivity index (χ2v) is 11.8. The molecule has 1 aliphatic heterocycles. The van der Waals surface area contributed by atoms with E-state index in [9.17, 15) is 13.2 Å². The standard InChI is InChI=1S/C25H24ClN3O5S2/c1-16-7-12-20(26)23-22(16)27-25(35-23)28(15-18-5-4-14-34-18)24(30)21-6-3-13-29(21)36(31,32)19-10-8-17(33-2)9-11-19/h4-5,7-12,14,21H,3,6,13,15H2,1-2H3. The molecule has 4 aromatic rings. The van der Waals surface area contributed by atoms with Crippen molar-refractivity contribution in [3.8, 4) is 5.75 Å². The van der Waals surface area contributed by atoms with Gasteiger partial charge in [0, 0.05) is 6.54 Å². The zero-order valence-electron chi connectivity index (χ0n) is 19.7. The molecule has 188 valence electrons. The van der Waals surface area contributed by atoms with Crippen LogP contribution < -0.4 is 9.64 Å². The van der Waals surface area contributed by atoms with Crippen molar-refractivity contribution in [1.82, 2.24) is 9.29 Å². The molecule has 36 heavy (non-hydrogen) atoms. The van der Waals surface area contributed by atoms with Gasteiger partial charge >= 0.3 is 0 Å². The van der Waals surface area contributed by atoms with Crippen LogP contribution in [0.15, 0.2) is 64.1 Å². The molecule has 5 rings (SSSR count). The summed E-state index contributed by atoms with van der Waals surface area (Å²) in [6.07, 6.45) is 2.52. The first-order valence-electron chi connectivity index (χ1n) is 11.3. The lowest BCUT2D eigenvalue weighted by Gasteiger charge is -2.28. The van der Waals surface area contributed by atoms with E-state index in [4.69, 9.17) is 25.7 Å². The van der Waals surface area contributed by atoms with E-state index in [1.54, 1.807) is 30.3 Å². The molecule has 1 fully saturated rings. The number of carbonyl (C=O) groups is 1. The third kappa shape index (κ3) is 4.50. The lowest BCUT2D eigenvalue weighted by Crippen LogP contribution is -2.47. The molecule has 0 spiro atoms. The van der Waals surface area contributed by atoms with Crippen molar-refractivity contribution in [2.45, 2.75) is 37.2 Å². The summed E-state index contributed by atoms with van der Waals surface area (Å²) in [4.78, 5) is 20.3. The highest BCUT2D eigenvalue weighted by Crippen LogP contribution is 2.37. The highest BCUT2D eigenvalue weighted by molar-refractivity contribution is 7.89. The fourth-order valence-corrected chi connectivity index (χ4v) is 7.31. The molecule has 1 saturated heterocycles. The molecule has 1 unspecified atom stereocenters. The molecule has 0 radical (unpaired) electrons. The van der Waals surface area contributed by atoms with Gasteiger partial charge in [-0.05, 0) is 67.8 Å². The van der Waals surface area contributed by atoms with Crippen LogP contribution in [0.2, 0.25) is 5.02 Å². The Morgan fingerprint density at radius 2 is 2.03 bits per heavy atom. The number of amides is 1. The van der Waals surface area contributed by atoms with Crippen LogP contribution in [0.1, 0.15) is 24.2 Å². The Morgan fingerprint density at radius 3 is 2.69 bits per heavy atom. The summed E-state index contributed by atoms with van der Waals surface area (Å²) in [5.74, 6) is 0.763. The molecule has 3 heterocycles. The first-order chi connectivity index (χ1) is 17.3. The number of rotatable bonds is 7. The van der Waals surface area contributed by atoms with Crippen LogP contribution in [-0.2, 0) is 21.4 Å². The van der Waals surface area contributed by atoms with Gasteiger partial charge in [-0.25, -0.2) is 13.4 Å². The first kappa shape index (κ1) is 24.8. The molecule has 1 atom stereocenters. The number of furan rings is 1. The van der Waals surface area contributed by atoms with Crippen LogP contribution in [-0.4, -0.2) is 43.3 Å². The van der Waals surface area contributed by atoms with E-state index in [1.165, 1.54) is 46.0 Å². The van der Waals surface area contributed by atoms with Gasteiger partial charge in [0.05, 0.1) is 40.1 Å². The van der Waals surface area contributed by atoms with E-state index in [0.717, 1.165) is 10.3 Å². The number of thiazole rings is 1. The number of benzene rings is 2. The molecule has 1 aliphatic rings. The monoisotopic (exact) mass is 545 g/mol. The number of nitrogens with zero attached hydrogens (tertiary/aromatic N) is 3. The van der Waals surface area contributed by atoms with E-state index < -0.39 is 16.1 Å². The van der Waals surface area contributed by atoms with Gasteiger partial charge in [-0.15, -0.1) is 0 Å². The molecule has 1 amide bonds. The summed E-state index contributed by atoms with van der Waals surface area (Å²) in [6, 6.07) is 12.5. The maximum Gasteiger partial charge on any atom is 0.247 e. The Bertz CT molecular complexity index is 1460. The highest BCUT2D eigenvalue weighted by Gasteiger charge is 2.42. The molecule has 0 saturated carbocycles. The number of hydrogen-bond acceptors (Lipinski definition) is 7.